The molecule has 7 heteroatoms. The van der Waals surface area contributed by atoms with Crippen LogP contribution in [0.4, 0.5) is 0 Å². The second kappa shape index (κ2) is 6.75. The van der Waals surface area contributed by atoms with E-state index in [1.807, 2.05) is 0 Å². The van der Waals surface area contributed by atoms with Crippen LogP contribution in [0.5, 0.6) is 0 Å². The van der Waals surface area contributed by atoms with Gasteiger partial charge in [0, 0.05) is 12.5 Å². The molecule has 0 aromatic heterocycles. The number of amidine groups is 1. The fourth-order valence-electron chi connectivity index (χ4n) is 3.17. The molecular formula is C15H26N4O3. The minimum absolute atomic E-state index is 0.0353. The SMILES string of the molecule is CC(C)CC(N)C1=NCC(CC2CCNC2=O)(C(=O)CO)N1. The third-order valence-corrected chi connectivity index (χ3v) is 4.40. The zero-order chi connectivity index (χ0) is 16.3. The van der Waals surface area contributed by atoms with E-state index >= 15 is 0 Å². The second-order valence-electron chi connectivity index (χ2n) is 6.71. The monoisotopic (exact) mass is 310 g/mol. The zero-order valence-electron chi connectivity index (χ0n) is 13.3. The molecule has 0 saturated carbocycles. The Hall–Kier alpha value is -1.47. The molecule has 22 heavy (non-hydrogen) atoms. The standard InChI is InChI=1S/C15H26N4O3/c1-9(2)5-11(16)13-18-8-15(19-13,12(21)7-20)6-10-3-4-17-14(10)22/h9-11,20H,3-8,16H2,1-2H3,(H,17,22)(H,18,19). The van der Waals surface area contributed by atoms with Gasteiger partial charge in [0.2, 0.25) is 5.91 Å². The van der Waals surface area contributed by atoms with Gasteiger partial charge in [-0.3, -0.25) is 14.6 Å². The van der Waals surface area contributed by atoms with Gasteiger partial charge < -0.3 is 21.5 Å². The predicted octanol–water partition coefficient (Wildman–Crippen LogP) is -0.812. The van der Waals surface area contributed by atoms with Gasteiger partial charge in [-0.2, -0.15) is 0 Å². The van der Waals surface area contributed by atoms with Crippen molar-refractivity contribution in [3.8, 4) is 0 Å². The third kappa shape index (κ3) is 3.47. The summed E-state index contributed by atoms with van der Waals surface area (Å²) in [5, 5.41) is 15.2. The predicted molar refractivity (Wildman–Crippen MR) is 83.4 cm³/mol. The van der Waals surface area contributed by atoms with Crippen molar-refractivity contribution in [2.24, 2.45) is 22.6 Å². The Balaban J connectivity index is 2.09. The summed E-state index contributed by atoms with van der Waals surface area (Å²) in [6, 6.07) is -0.259. The van der Waals surface area contributed by atoms with Crippen molar-refractivity contribution in [1.82, 2.24) is 10.6 Å². The maximum absolute atomic E-state index is 12.3. The Kier molecular flexibility index (Phi) is 5.18. The number of carbonyl (C=O) groups is 2. The normalized spacial score (nSPS) is 29.2. The number of aliphatic hydroxyl groups is 1. The van der Waals surface area contributed by atoms with Gasteiger partial charge in [0.15, 0.2) is 5.78 Å². The summed E-state index contributed by atoms with van der Waals surface area (Å²) in [7, 11) is 0. The van der Waals surface area contributed by atoms with Crippen molar-refractivity contribution in [1.29, 1.82) is 0 Å². The number of hydrogen-bond acceptors (Lipinski definition) is 6. The van der Waals surface area contributed by atoms with E-state index in [-0.39, 0.29) is 30.2 Å². The second-order valence-corrected chi connectivity index (χ2v) is 6.71. The molecular weight excluding hydrogens is 284 g/mol. The van der Waals surface area contributed by atoms with Crippen LogP contribution in [0.3, 0.4) is 0 Å². The van der Waals surface area contributed by atoms with Gasteiger partial charge >= 0.3 is 0 Å². The lowest BCUT2D eigenvalue weighted by Gasteiger charge is -2.30. The summed E-state index contributed by atoms with van der Waals surface area (Å²) < 4.78 is 0. The molecule has 2 rings (SSSR count). The van der Waals surface area contributed by atoms with Crippen molar-refractivity contribution < 1.29 is 14.7 Å². The van der Waals surface area contributed by atoms with Crippen LogP contribution in [0.15, 0.2) is 4.99 Å². The summed E-state index contributed by atoms with van der Waals surface area (Å²) >= 11 is 0. The van der Waals surface area contributed by atoms with Gasteiger partial charge in [-0.15, -0.1) is 0 Å². The highest BCUT2D eigenvalue weighted by Gasteiger charge is 2.46. The van der Waals surface area contributed by atoms with E-state index in [1.54, 1.807) is 0 Å². The molecule has 0 aromatic carbocycles. The molecule has 0 bridgehead atoms. The maximum Gasteiger partial charge on any atom is 0.223 e. The molecule has 3 atom stereocenters. The van der Waals surface area contributed by atoms with Crippen LogP contribution in [0.2, 0.25) is 0 Å². The molecule has 2 aliphatic heterocycles. The highest BCUT2D eigenvalue weighted by Crippen LogP contribution is 2.27. The van der Waals surface area contributed by atoms with Gasteiger partial charge in [0.1, 0.15) is 18.0 Å². The Labute approximate surface area is 130 Å². The molecule has 7 nitrogen and oxygen atoms in total. The van der Waals surface area contributed by atoms with Crippen LogP contribution in [0.25, 0.3) is 0 Å². The first-order valence-electron chi connectivity index (χ1n) is 7.88. The van der Waals surface area contributed by atoms with Gasteiger partial charge in [-0.05, 0) is 25.2 Å². The number of nitrogens with one attached hydrogen (secondary N) is 2. The van der Waals surface area contributed by atoms with E-state index in [0.717, 1.165) is 6.42 Å². The fourth-order valence-corrected chi connectivity index (χ4v) is 3.17. The molecule has 3 unspecified atom stereocenters. The minimum Gasteiger partial charge on any atom is -0.388 e. The van der Waals surface area contributed by atoms with Crippen LogP contribution in [0, 0.1) is 11.8 Å². The van der Waals surface area contributed by atoms with Crippen LogP contribution in [0.1, 0.15) is 33.1 Å². The number of hydrogen-bond donors (Lipinski definition) is 4. The molecule has 1 saturated heterocycles. The Morgan fingerprint density at radius 3 is 2.82 bits per heavy atom. The van der Waals surface area contributed by atoms with Crippen molar-refractivity contribution in [2.75, 3.05) is 19.7 Å². The molecule has 1 amide bonds. The number of carbonyl (C=O) groups excluding carboxylic acids is 2. The molecule has 2 aliphatic rings. The van der Waals surface area contributed by atoms with Crippen molar-refractivity contribution in [3.05, 3.63) is 0 Å². The molecule has 1 fully saturated rings. The third-order valence-electron chi connectivity index (χ3n) is 4.40. The largest absolute Gasteiger partial charge is 0.388 e. The Morgan fingerprint density at radius 1 is 1.55 bits per heavy atom. The molecule has 2 heterocycles. The highest BCUT2D eigenvalue weighted by atomic mass is 16.3. The van der Waals surface area contributed by atoms with E-state index < -0.39 is 12.1 Å². The van der Waals surface area contributed by atoms with Crippen molar-refractivity contribution >= 4 is 17.5 Å². The summed E-state index contributed by atoms with van der Waals surface area (Å²) in [5.74, 6) is 0.436. The lowest BCUT2D eigenvalue weighted by Crippen LogP contribution is -2.57. The lowest BCUT2D eigenvalue weighted by molar-refractivity contribution is -0.129. The van der Waals surface area contributed by atoms with E-state index in [0.29, 0.717) is 31.1 Å². The average molecular weight is 310 g/mol. The Bertz CT molecular complexity index is 477. The summed E-state index contributed by atoms with van der Waals surface area (Å²) in [6.07, 6.45) is 1.81. The highest BCUT2D eigenvalue weighted by molar-refractivity contribution is 6.00. The maximum atomic E-state index is 12.3. The van der Waals surface area contributed by atoms with E-state index in [2.05, 4.69) is 29.5 Å². The number of aliphatic imine (C=N–C) groups is 1. The molecule has 5 N–H and O–H groups in total. The molecule has 124 valence electrons. The molecule has 0 aliphatic carbocycles. The van der Waals surface area contributed by atoms with Crippen molar-refractivity contribution in [2.45, 2.75) is 44.7 Å². The molecule has 0 aromatic rings. The van der Waals surface area contributed by atoms with Crippen LogP contribution >= 0.6 is 0 Å². The first-order valence-corrected chi connectivity index (χ1v) is 7.88. The number of ketones is 1. The molecule has 0 spiro atoms. The van der Waals surface area contributed by atoms with E-state index in [9.17, 15) is 14.7 Å². The van der Waals surface area contributed by atoms with E-state index in [1.165, 1.54) is 0 Å². The quantitative estimate of drug-likeness (QED) is 0.490. The zero-order valence-corrected chi connectivity index (χ0v) is 13.3. The van der Waals surface area contributed by atoms with Gasteiger partial charge in [-0.25, -0.2) is 0 Å². The number of aliphatic hydroxyl groups excluding tert-OH is 1. The van der Waals surface area contributed by atoms with Crippen molar-refractivity contribution in [3.63, 3.8) is 0 Å². The van der Waals surface area contributed by atoms with Gasteiger partial charge in [0.25, 0.3) is 0 Å². The lowest BCUT2D eigenvalue weighted by atomic mass is 9.83. The first kappa shape index (κ1) is 16.9. The van der Waals surface area contributed by atoms with Crippen LogP contribution in [-0.4, -0.2) is 53.9 Å². The van der Waals surface area contributed by atoms with Gasteiger partial charge in [0.05, 0.1) is 12.6 Å². The fraction of sp³-hybridized carbons (Fsp3) is 0.800. The average Bonchev–Trinajstić information content (AvgIpc) is 3.06. The summed E-state index contributed by atoms with van der Waals surface area (Å²) in [5.41, 5.74) is 5.14. The Morgan fingerprint density at radius 2 is 2.27 bits per heavy atom. The van der Waals surface area contributed by atoms with Gasteiger partial charge in [-0.1, -0.05) is 13.8 Å². The molecule has 0 radical (unpaired) electrons. The van der Waals surface area contributed by atoms with Crippen LogP contribution in [-0.2, 0) is 9.59 Å². The summed E-state index contributed by atoms with van der Waals surface area (Å²) in [6.45, 7) is 4.45. The first-order chi connectivity index (χ1) is 10.4. The van der Waals surface area contributed by atoms with Crippen LogP contribution < -0.4 is 16.4 Å². The number of nitrogens with zero attached hydrogens (tertiary/aromatic N) is 1. The smallest absolute Gasteiger partial charge is 0.223 e. The number of Topliss-reactive ketones (excluding diaryl/α,β-unsaturated/α-hetero) is 1. The van der Waals surface area contributed by atoms with E-state index in [4.69, 9.17) is 5.73 Å². The number of nitrogens with two attached hydrogens (primary N) is 1. The summed E-state index contributed by atoms with van der Waals surface area (Å²) in [4.78, 5) is 28.5. The topological polar surface area (TPSA) is 117 Å². The minimum atomic E-state index is -0.995. The number of amides is 1. The number of rotatable bonds is 7.